The number of ether oxygens (including phenoxy) is 1. The smallest absolute Gasteiger partial charge is 0.127 e. The Balaban J connectivity index is 1.76. The van der Waals surface area contributed by atoms with Gasteiger partial charge in [0.05, 0.1) is 0 Å². The van der Waals surface area contributed by atoms with Gasteiger partial charge in [-0.1, -0.05) is 36.8 Å². The van der Waals surface area contributed by atoms with Crippen LogP contribution < -0.4 is 10.1 Å². The van der Waals surface area contributed by atoms with E-state index in [1.54, 1.807) is 0 Å². The maximum atomic E-state index is 5.88. The third-order valence-electron chi connectivity index (χ3n) is 3.55. The van der Waals surface area contributed by atoms with Gasteiger partial charge in [0, 0.05) is 6.04 Å². The lowest BCUT2D eigenvalue weighted by Gasteiger charge is -2.24. The maximum absolute atomic E-state index is 5.88. The molecule has 0 aliphatic carbocycles. The van der Waals surface area contributed by atoms with Crippen LogP contribution in [0.25, 0.3) is 0 Å². The molecule has 2 aromatic rings. The van der Waals surface area contributed by atoms with Crippen LogP contribution in [0.1, 0.15) is 30.9 Å². The van der Waals surface area contributed by atoms with E-state index >= 15 is 0 Å². The van der Waals surface area contributed by atoms with Crippen LogP contribution in [0.3, 0.4) is 0 Å². The second-order valence-electron chi connectivity index (χ2n) is 4.99. The van der Waals surface area contributed by atoms with Gasteiger partial charge in [-0.25, -0.2) is 0 Å². The zero-order valence-electron chi connectivity index (χ0n) is 11.0. The number of rotatable bonds is 3. The first-order valence-electron chi connectivity index (χ1n) is 6.98. The lowest BCUT2D eigenvalue weighted by Crippen LogP contribution is -2.26. The zero-order chi connectivity index (χ0) is 12.9. The van der Waals surface area contributed by atoms with E-state index in [4.69, 9.17) is 4.74 Å². The topological polar surface area (TPSA) is 21.3 Å². The van der Waals surface area contributed by atoms with Crippen LogP contribution in [0.15, 0.2) is 54.6 Å². The molecule has 1 atom stereocenters. The largest absolute Gasteiger partial charge is 0.457 e. The van der Waals surface area contributed by atoms with Gasteiger partial charge in [0.15, 0.2) is 0 Å². The molecule has 3 rings (SSSR count). The molecule has 0 radical (unpaired) electrons. The van der Waals surface area contributed by atoms with Gasteiger partial charge in [0.2, 0.25) is 0 Å². The summed E-state index contributed by atoms with van der Waals surface area (Å²) in [7, 11) is 0. The van der Waals surface area contributed by atoms with Gasteiger partial charge in [0.1, 0.15) is 11.5 Å². The normalized spacial score (nSPS) is 19.1. The van der Waals surface area contributed by atoms with Gasteiger partial charge >= 0.3 is 0 Å². The number of nitrogens with one attached hydrogen (secondary N) is 1. The molecule has 1 fully saturated rings. The van der Waals surface area contributed by atoms with E-state index < -0.39 is 0 Å². The number of hydrogen-bond donors (Lipinski definition) is 1. The molecular weight excluding hydrogens is 234 g/mol. The molecule has 1 aliphatic rings. The van der Waals surface area contributed by atoms with Gasteiger partial charge in [-0.3, -0.25) is 0 Å². The second-order valence-corrected chi connectivity index (χ2v) is 4.99. The molecule has 0 spiro atoms. The van der Waals surface area contributed by atoms with Crippen molar-refractivity contribution in [2.75, 3.05) is 6.54 Å². The molecule has 98 valence electrons. The highest BCUT2D eigenvalue weighted by Crippen LogP contribution is 2.28. The van der Waals surface area contributed by atoms with E-state index in [1.165, 1.54) is 24.8 Å². The number of benzene rings is 2. The van der Waals surface area contributed by atoms with E-state index in [2.05, 4.69) is 23.5 Å². The minimum Gasteiger partial charge on any atom is -0.457 e. The fraction of sp³-hybridized carbons (Fsp3) is 0.294. The predicted octanol–water partition coefficient (Wildman–Crippen LogP) is 4.29. The van der Waals surface area contributed by atoms with Crippen LogP contribution >= 0.6 is 0 Å². The van der Waals surface area contributed by atoms with Crippen LogP contribution in [0.4, 0.5) is 0 Å². The van der Waals surface area contributed by atoms with Crippen molar-refractivity contribution in [2.45, 2.75) is 25.3 Å². The Morgan fingerprint density at radius 1 is 0.895 bits per heavy atom. The summed E-state index contributed by atoms with van der Waals surface area (Å²) in [4.78, 5) is 0. The number of piperidine rings is 1. The van der Waals surface area contributed by atoms with E-state index in [-0.39, 0.29) is 0 Å². The molecule has 1 saturated heterocycles. The molecule has 1 aliphatic heterocycles. The zero-order valence-corrected chi connectivity index (χ0v) is 11.0. The van der Waals surface area contributed by atoms with Crippen molar-refractivity contribution in [2.24, 2.45) is 0 Å². The van der Waals surface area contributed by atoms with Crippen LogP contribution in [0.2, 0.25) is 0 Å². The highest BCUT2D eigenvalue weighted by Gasteiger charge is 2.14. The highest BCUT2D eigenvalue weighted by molar-refractivity contribution is 5.35. The highest BCUT2D eigenvalue weighted by atomic mass is 16.5. The van der Waals surface area contributed by atoms with Gasteiger partial charge < -0.3 is 10.1 Å². The Bertz CT molecular complexity index is 518. The molecule has 2 aromatic carbocycles. The van der Waals surface area contributed by atoms with Crippen molar-refractivity contribution in [1.82, 2.24) is 5.32 Å². The Hall–Kier alpha value is -1.80. The van der Waals surface area contributed by atoms with Gasteiger partial charge in [-0.2, -0.15) is 0 Å². The standard InChI is InChI=1S/C17H19NO/c1-2-8-15(9-3-1)19-16-10-6-7-14(13-16)17-11-4-5-12-18-17/h1-3,6-10,13,17-18H,4-5,11-12H2/t17-/m0/s1. The summed E-state index contributed by atoms with van der Waals surface area (Å²) >= 11 is 0. The third kappa shape index (κ3) is 3.15. The van der Waals surface area contributed by atoms with Crippen LogP contribution in [-0.2, 0) is 0 Å². The van der Waals surface area contributed by atoms with Gasteiger partial charge in [0.25, 0.3) is 0 Å². The summed E-state index contributed by atoms with van der Waals surface area (Å²) in [5.74, 6) is 1.80. The number of hydrogen-bond acceptors (Lipinski definition) is 2. The lowest BCUT2D eigenvalue weighted by atomic mass is 9.97. The fourth-order valence-corrected chi connectivity index (χ4v) is 2.56. The fourth-order valence-electron chi connectivity index (χ4n) is 2.56. The van der Waals surface area contributed by atoms with Crippen molar-refractivity contribution < 1.29 is 4.74 Å². The Morgan fingerprint density at radius 3 is 2.53 bits per heavy atom. The van der Waals surface area contributed by atoms with Crippen molar-refractivity contribution in [3.63, 3.8) is 0 Å². The molecule has 0 amide bonds. The summed E-state index contributed by atoms with van der Waals surface area (Å²) in [5, 5.41) is 3.57. The molecule has 0 aromatic heterocycles. The van der Waals surface area contributed by atoms with Gasteiger partial charge in [-0.05, 0) is 49.2 Å². The van der Waals surface area contributed by atoms with E-state index in [1.807, 2.05) is 36.4 Å². The summed E-state index contributed by atoms with van der Waals surface area (Å²) in [5.41, 5.74) is 1.33. The maximum Gasteiger partial charge on any atom is 0.127 e. The van der Waals surface area contributed by atoms with Crippen LogP contribution in [0, 0.1) is 0 Å². The van der Waals surface area contributed by atoms with E-state index in [9.17, 15) is 0 Å². The van der Waals surface area contributed by atoms with Crippen LogP contribution in [0.5, 0.6) is 11.5 Å². The summed E-state index contributed by atoms with van der Waals surface area (Å²) in [6.07, 6.45) is 3.81. The summed E-state index contributed by atoms with van der Waals surface area (Å²) in [6.45, 7) is 1.12. The molecule has 1 N–H and O–H groups in total. The Labute approximate surface area is 114 Å². The molecular formula is C17H19NO. The Morgan fingerprint density at radius 2 is 1.74 bits per heavy atom. The molecule has 0 bridgehead atoms. The SMILES string of the molecule is c1ccc(Oc2cccc([C@@H]3CCCCN3)c2)cc1. The molecule has 1 heterocycles. The lowest BCUT2D eigenvalue weighted by molar-refractivity contribution is 0.410. The first-order valence-corrected chi connectivity index (χ1v) is 6.98. The predicted molar refractivity (Wildman–Crippen MR) is 77.6 cm³/mol. The van der Waals surface area contributed by atoms with Crippen molar-refractivity contribution in [3.8, 4) is 11.5 Å². The van der Waals surface area contributed by atoms with Crippen molar-refractivity contribution in [3.05, 3.63) is 60.2 Å². The minimum atomic E-state index is 0.480. The van der Waals surface area contributed by atoms with E-state index in [0.29, 0.717) is 6.04 Å². The third-order valence-corrected chi connectivity index (χ3v) is 3.55. The Kier molecular flexibility index (Phi) is 3.80. The molecule has 2 nitrogen and oxygen atoms in total. The second kappa shape index (κ2) is 5.89. The van der Waals surface area contributed by atoms with E-state index in [0.717, 1.165) is 18.0 Å². The first kappa shape index (κ1) is 12.2. The number of para-hydroxylation sites is 1. The average Bonchev–Trinajstić information content (AvgIpc) is 2.49. The average molecular weight is 253 g/mol. The van der Waals surface area contributed by atoms with Gasteiger partial charge in [-0.15, -0.1) is 0 Å². The first-order chi connectivity index (χ1) is 9.42. The molecule has 0 saturated carbocycles. The summed E-state index contributed by atoms with van der Waals surface area (Å²) in [6, 6.07) is 18.8. The monoisotopic (exact) mass is 253 g/mol. The molecule has 2 heteroatoms. The molecule has 19 heavy (non-hydrogen) atoms. The minimum absolute atomic E-state index is 0.480. The quantitative estimate of drug-likeness (QED) is 0.880. The van der Waals surface area contributed by atoms with Crippen molar-refractivity contribution in [1.29, 1.82) is 0 Å². The summed E-state index contributed by atoms with van der Waals surface area (Å²) < 4.78 is 5.88. The molecule has 0 unspecified atom stereocenters. The van der Waals surface area contributed by atoms with Crippen LogP contribution in [-0.4, -0.2) is 6.54 Å². The van der Waals surface area contributed by atoms with Crippen molar-refractivity contribution >= 4 is 0 Å².